The standard InChI is InChI=1S/C51H32N4O2/c1-4-14-33(15-5-1)34-26-28-35(29-27-34)49-52-50(41-21-12-24-44-47(41)39-20-10-11-23-43(39)56-44)54-51(53-49)42-22-13-25-45-48(42)40-31-30-38(32-46(40)57-45)55(36-16-6-2-7-17-36)37-18-8-3-9-19-37/h1-32H. The predicted molar refractivity (Wildman–Crippen MR) is 231 cm³/mol. The lowest BCUT2D eigenvalue weighted by Crippen LogP contribution is -2.09. The zero-order valence-electron chi connectivity index (χ0n) is 30.6. The number of nitrogens with zero attached hydrogens (tertiary/aromatic N) is 4. The molecule has 3 aromatic heterocycles. The van der Waals surface area contributed by atoms with Crippen molar-refractivity contribution in [2.24, 2.45) is 0 Å². The molecular formula is C51H32N4O2. The van der Waals surface area contributed by atoms with Crippen molar-refractivity contribution in [3.05, 3.63) is 194 Å². The molecule has 0 spiro atoms. The van der Waals surface area contributed by atoms with E-state index >= 15 is 0 Å². The topological polar surface area (TPSA) is 68.2 Å². The lowest BCUT2D eigenvalue weighted by Gasteiger charge is -2.25. The van der Waals surface area contributed by atoms with Crippen LogP contribution in [0, 0.1) is 0 Å². The molecule has 0 saturated carbocycles. The minimum Gasteiger partial charge on any atom is -0.456 e. The lowest BCUT2D eigenvalue weighted by atomic mass is 10.0. The maximum Gasteiger partial charge on any atom is 0.164 e. The first kappa shape index (κ1) is 32.6. The first-order valence-electron chi connectivity index (χ1n) is 18.9. The number of furan rings is 2. The number of anilines is 3. The minimum absolute atomic E-state index is 0.555. The summed E-state index contributed by atoms with van der Waals surface area (Å²) < 4.78 is 12.9. The predicted octanol–water partition coefficient (Wildman–Crippen LogP) is 13.8. The molecule has 0 bridgehead atoms. The van der Waals surface area contributed by atoms with Gasteiger partial charge in [0.2, 0.25) is 0 Å². The monoisotopic (exact) mass is 732 g/mol. The molecule has 0 unspecified atom stereocenters. The molecule has 0 amide bonds. The number of benzene rings is 8. The Morgan fingerprint density at radius 1 is 0.316 bits per heavy atom. The molecular weight excluding hydrogens is 701 g/mol. The van der Waals surface area contributed by atoms with E-state index in [-0.39, 0.29) is 0 Å². The van der Waals surface area contributed by atoms with Crippen molar-refractivity contribution in [2.45, 2.75) is 0 Å². The Labute approximate surface area is 328 Å². The molecule has 268 valence electrons. The highest BCUT2D eigenvalue weighted by molar-refractivity contribution is 6.14. The first-order chi connectivity index (χ1) is 28.2. The van der Waals surface area contributed by atoms with Crippen molar-refractivity contribution in [3.63, 3.8) is 0 Å². The zero-order chi connectivity index (χ0) is 37.7. The van der Waals surface area contributed by atoms with Gasteiger partial charge in [0.25, 0.3) is 0 Å². The number of hydrogen-bond acceptors (Lipinski definition) is 6. The average molecular weight is 733 g/mol. The maximum absolute atomic E-state index is 6.65. The van der Waals surface area contributed by atoms with Gasteiger partial charge in [-0.25, -0.2) is 15.0 Å². The van der Waals surface area contributed by atoms with E-state index in [0.717, 1.165) is 88.8 Å². The number of para-hydroxylation sites is 3. The third-order valence-electron chi connectivity index (χ3n) is 10.5. The molecule has 0 radical (unpaired) electrons. The molecule has 0 fully saturated rings. The van der Waals surface area contributed by atoms with Crippen molar-refractivity contribution in [2.75, 3.05) is 4.90 Å². The van der Waals surface area contributed by atoms with E-state index in [1.54, 1.807) is 0 Å². The number of fused-ring (bicyclic) bond motifs is 6. The first-order valence-corrected chi connectivity index (χ1v) is 18.9. The van der Waals surface area contributed by atoms with Gasteiger partial charge in [-0.1, -0.05) is 133 Å². The fourth-order valence-corrected chi connectivity index (χ4v) is 7.89. The fourth-order valence-electron chi connectivity index (χ4n) is 7.89. The highest BCUT2D eigenvalue weighted by atomic mass is 16.3. The van der Waals surface area contributed by atoms with Crippen LogP contribution >= 0.6 is 0 Å². The van der Waals surface area contributed by atoms with E-state index in [2.05, 4.69) is 138 Å². The van der Waals surface area contributed by atoms with Gasteiger partial charge in [0.05, 0.1) is 0 Å². The van der Waals surface area contributed by atoms with Crippen LogP contribution in [-0.4, -0.2) is 15.0 Å². The third-order valence-corrected chi connectivity index (χ3v) is 10.5. The van der Waals surface area contributed by atoms with Crippen LogP contribution in [0.4, 0.5) is 17.1 Å². The summed E-state index contributed by atoms with van der Waals surface area (Å²) in [6.07, 6.45) is 0. The summed E-state index contributed by atoms with van der Waals surface area (Å²) in [7, 11) is 0. The Balaban J connectivity index is 1.10. The molecule has 0 aliphatic rings. The quantitative estimate of drug-likeness (QED) is 0.162. The molecule has 6 nitrogen and oxygen atoms in total. The number of rotatable bonds is 7. The number of hydrogen-bond donors (Lipinski definition) is 0. The van der Waals surface area contributed by atoms with Gasteiger partial charge < -0.3 is 13.7 Å². The molecule has 11 rings (SSSR count). The van der Waals surface area contributed by atoms with Crippen molar-refractivity contribution in [1.82, 2.24) is 15.0 Å². The van der Waals surface area contributed by atoms with E-state index < -0.39 is 0 Å². The summed E-state index contributed by atoms with van der Waals surface area (Å²) >= 11 is 0. The second kappa shape index (κ2) is 13.5. The highest BCUT2D eigenvalue weighted by Crippen LogP contribution is 2.42. The molecule has 8 aromatic carbocycles. The summed E-state index contributed by atoms with van der Waals surface area (Å²) in [5.74, 6) is 1.69. The molecule has 0 N–H and O–H groups in total. The van der Waals surface area contributed by atoms with Gasteiger partial charge in [-0.3, -0.25) is 0 Å². The Bertz CT molecular complexity index is 3190. The van der Waals surface area contributed by atoms with Crippen LogP contribution in [0.5, 0.6) is 0 Å². The second-order valence-corrected chi connectivity index (χ2v) is 14.0. The van der Waals surface area contributed by atoms with Crippen molar-refractivity contribution in [3.8, 4) is 45.3 Å². The van der Waals surface area contributed by atoms with Crippen LogP contribution in [0.1, 0.15) is 0 Å². The van der Waals surface area contributed by atoms with Crippen LogP contribution in [-0.2, 0) is 0 Å². The SMILES string of the molecule is c1ccc(-c2ccc(-c3nc(-c4cccc5oc6ccccc6c45)nc(-c4cccc5oc6cc(N(c7ccccc7)c7ccccc7)ccc6c45)n3)cc2)cc1. The Hall–Kier alpha value is -7.83. The molecule has 0 saturated heterocycles. The van der Waals surface area contributed by atoms with Gasteiger partial charge in [-0.2, -0.15) is 0 Å². The fraction of sp³-hybridized carbons (Fsp3) is 0. The van der Waals surface area contributed by atoms with Crippen molar-refractivity contribution < 1.29 is 8.83 Å². The molecule has 3 heterocycles. The van der Waals surface area contributed by atoms with E-state index in [4.69, 9.17) is 23.8 Å². The summed E-state index contributed by atoms with van der Waals surface area (Å²) in [5.41, 5.74) is 11.1. The smallest absolute Gasteiger partial charge is 0.164 e. The Morgan fingerprint density at radius 3 is 1.42 bits per heavy atom. The molecule has 0 aliphatic heterocycles. The van der Waals surface area contributed by atoms with Gasteiger partial charge in [-0.05, 0) is 65.7 Å². The Morgan fingerprint density at radius 2 is 0.789 bits per heavy atom. The summed E-state index contributed by atoms with van der Waals surface area (Å²) in [6.45, 7) is 0. The van der Waals surface area contributed by atoms with Crippen LogP contribution in [0.15, 0.2) is 203 Å². The summed E-state index contributed by atoms with van der Waals surface area (Å²) in [4.78, 5) is 17.8. The molecule has 0 aliphatic carbocycles. The Kier molecular flexibility index (Phi) is 7.71. The van der Waals surface area contributed by atoms with Gasteiger partial charge in [0.1, 0.15) is 22.3 Å². The highest BCUT2D eigenvalue weighted by Gasteiger charge is 2.21. The average Bonchev–Trinajstić information content (AvgIpc) is 3.86. The van der Waals surface area contributed by atoms with Crippen LogP contribution in [0.3, 0.4) is 0 Å². The molecule has 0 atom stereocenters. The van der Waals surface area contributed by atoms with Crippen LogP contribution in [0.2, 0.25) is 0 Å². The summed E-state index contributed by atoms with van der Waals surface area (Å²) in [5, 5.41) is 3.90. The van der Waals surface area contributed by atoms with E-state index in [0.29, 0.717) is 17.5 Å². The third kappa shape index (κ3) is 5.70. The molecule has 57 heavy (non-hydrogen) atoms. The van der Waals surface area contributed by atoms with Crippen molar-refractivity contribution >= 4 is 60.9 Å². The van der Waals surface area contributed by atoms with Crippen LogP contribution < -0.4 is 4.90 Å². The van der Waals surface area contributed by atoms with Gasteiger partial charge in [0, 0.05) is 61.4 Å². The largest absolute Gasteiger partial charge is 0.456 e. The van der Waals surface area contributed by atoms with Gasteiger partial charge in [-0.15, -0.1) is 0 Å². The van der Waals surface area contributed by atoms with Gasteiger partial charge >= 0.3 is 0 Å². The van der Waals surface area contributed by atoms with E-state index in [1.165, 1.54) is 0 Å². The minimum atomic E-state index is 0.555. The normalized spacial score (nSPS) is 11.5. The van der Waals surface area contributed by atoms with E-state index in [1.807, 2.05) is 60.7 Å². The number of aromatic nitrogens is 3. The van der Waals surface area contributed by atoms with Crippen LogP contribution in [0.25, 0.3) is 89.2 Å². The lowest BCUT2D eigenvalue weighted by molar-refractivity contribution is 0.668. The van der Waals surface area contributed by atoms with E-state index in [9.17, 15) is 0 Å². The van der Waals surface area contributed by atoms with Gasteiger partial charge in [0.15, 0.2) is 17.5 Å². The zero-order valence-corrected chi connectivity index (χ0v) is 30.6. The molecule has 11 aromatic rings. The van der Waals surface area contributed by atoms with Crippen molar-refractivity contribution in [1.29, 1.82) is 0 Å². The maximum atomic E-state index is 6.65. The molecule has 6 heteroatoms. The second-order valence-electron chi connectivity index (χ2n) is 14.0. The summed E-state index contributed by atoms with van der Waals surface area (Å²) in [6, 6.07) is 66.2.